The number of carbonyl (C=O) groups is 2. The van der Waals surface area contributed by atoms with E-state index in [4.69, 9.17) is 11.6 Å². The molecule has 1 saturated heterocycles. The monoisotopic (exact) mass is 274 g/mol. The van der Waals surface area contributed by atoms with E-state index in [0.29, 0.717) is 29.7 Å². The number of aromatic nitrogens is 2. The van der Waals surface area contributed by atoms with Crippen LogP contribution in [0.2, 0.25) is 4.34 Å². The number of halogens is 1. The second-order valence-corrected chi connectivity index (χ2v) is 4.96. The van der Waals surface area contributed by atoms with Crippen molar-refractivity contribution in [3.8, 4) is 0 Å². The first-order valence-corrected chi connectivity index (χ1v) is 6.33. The molecule has 0 N–H and O–H groups in total. The summed E-state index contributed by atoms with van der Waals surface area (Å²) in [6, 6.07) is 0. The Morgan fingerprint density at radius 1 is 1.29 bits per heavy atom. The van der Waals surface area contributed by atoms with Crippen LogP contribution in [-0.2, 0) is 16.1 Å². The lowest BCUT2D eigenvalue weighted by Gasteiger charge is -2.32. The highest BCUT2D eigenvalue weighted by atomic mass is 35.5. The third kappa shape index (κ3) is 2.39. The highest BCUT2D eigenvalue weighted by molar-refractivity contribution is 7.10. The van der Waals surface area contributed by atoms with E-state index in [0.717, 1.165) is 11.5 Å². The fourth-order valence-corrected chi connectivity index (χ4v) is 2.25. The SMILES string of the molecule is CCN1CCN(Cc2nnsc2Cl)C(=O)C1=O. The number of hydrogen-bond acceptors (Lipinski definition) is 5. The number of piperazine rings is 1. The minimum absolute atomic E-state index is 0.247. The Kier molecular flexibility index (Phi) is 3.58. The van der Waals surface area contributed by atoms with Crippen molar-refractivity contribution in [2.24, 2.45) is 0 Å². The second-order valence-electron chi connectivity index (χ2n) is 3.60. The molecular weight excluding hydrogens is 264 g/mol. The molecular formula is C9H11ClN4O2S. The highest BCUT2D eigenvalue weighted by Gasteiger charge is 2.32. The van der Waals surface area contributed by atoms with E-state index in [2.05, 4.69) is 9.59 Å². The van der Waals surface area contributed by atoms with Crippen LogP contribution >= 0.6 is 23.1 Å². The summed E-state index contributed by atoms with van der Waals surface area (Å²) in [6.45, 7) is 3.71. The quantitative estimate of drug-likeness (QED) is 0.748. The van der Waals surface area contributed by atoms with E-state index in [1.807, 2.05) is 6.92 Å². The molecule has 0 spiro atoms. The molecule has 0 bridgehead atoms. The maximum Gasteiger partial charge on any atom is 0.312 e. The lowest BCUT2D eigenvalue weighted by atomic mass is 10.2. The van der Waals surface area contributed by atoms with Crippen LogP contribution < -0.4 is 0 Å². The van der Waals surface area contributed by atoms with E-state index in [1.165, 1.54) is 9.80 Å². The normalized spacial score (nSPS) is 16.8. The van der Waals surface area contributed by atoms with E-state index in [1.54, 1.807) is 0 Å². The zero-order valence-corrected chi connectivity index (χ0v) is 10.8. The van der Waals surface area contributed by atoms with Gasteiger partial charge in [0.1, 0.15) is 10.0 Å². The lowest BCUT2D eigenvalue weighted by molar-refractivity contribution is -0.156. The van der Waals surface area contributed by atoms with Crippen LogP contribution in [-0.4, -0.2) is 50.8 Å². The first kappa shape index (κ1) is 12.3. The van der Waals surface area contributed by atoms with Crippen molar-refractivity contribution in [1.29, 1.82) is 0 Å². The fraction of sp³-hybridized carbons (Fsp3) is 0.556. The average Bonchev–Trinajstić information content (AvgIpc) is 2.71. The van der Waals surface area contributed by atoms with Gasteiger partial charge in [-0.05, 0) is 6.92 Å². The Morgan fingerprint density at radius 3 is 2.53 bits per heavy atom. The first-order chi connectivity index (χ1) is 8.13. The predicted octanol–water partition coefficient (Wildman–Crippen LogP) is 0.382. The summed E-state index contributed by atoms with van der Waals surface area (Å²) in [5.41, 5.74) is 0.544. The van der Waals surface area contributed by atoms with Gasteiger partial charge < -0.3 is 9.80 Å². The van der Waals surface area contributed by atoms with Gasteiger partial charge in [0.15, 0.2) is 0 Å². The van der Waals surface area contributed by atoms with E-state index in [-0.39, 0.29) is 6.54 Å². The average molecular weight is 275 g/mol. The number of likely N-dealkylation sites (N-methyl/N-ethyl adjacent to an activating group) is 1. The molecule has 6 nitrogen and oxygen atoms in total. The maximum atomic E-state index is 11.8. The minimum atomic E-state index is -0.498. The molecule has 8 heteroatoms. The smallest absolute Gasteiger partial charge is 0.312 e. The van der Waals surface area contributed by atoms with E-state index in [9.17, 15) is 9.59 Å². The summed E-state index contributed by atoms with van der Waals surface area (Å²) in [6.07, 6.45) is 0. The minimum Gasteiger partial charge on any atom is -0.333 e. The molecule has 0 radical (unpaired) electrons. The Morgan fingerprint density at radius 2 is 1.94 bits per heavy atom. The van der Waals surface area contributed by atoms with Gasteiger partial charge in [-0.1, -0.05) is 16.1 Å². The van der Waals surface area contributed by atoms with Gasteiger partial charge in [0.05, 0.1) is 6.54 Å². The van der Waals surface area contributed by atoms with Crippen molar-refractivity contribution in [2.45, 2.75) is 13.5 Å². The predicted molar refractivity (Wildman–Crippen MR) is 62.6 cm³/mol. The Balaban J connectivity index is 2.07. The number of nitrogens with zero attached hydrogens (tertiary/aromatic N) is 4. The molecule has 2 amide bonds. The van der Waals surface area contributed by atoms with E-state index < -0.39 is 11.8 Å². The van der Waals surface area contributed by atoms with Crippen LogP contribution in [0.4, 0.5) is 0 Å². The molecule has 1 aliphatic heterocycles. The molecule has 2 rings (SSSR count). The van der Waals surface area contributed by atoms with Crippen LogP contribution in [0.1, 0.15) is 12.6 Å². The van der Waals surface area contributed by atoms with E-state index >= 15 is 0 Å². The van der Waals surface area contributed by atoms with Gasteiger partial charge in [-0.2, -0.15) is 0 Å². The summed E-state index contributed by atoms with van der Waals surface area (Å²) >= 11 is 6.93. The van der Waals surface area contributed by atoms with Crippen molar-refractivity contribution >= 4 is 34.9 Å². The second kappa shape index (κ2) is 4.97. The first-order valence-electron chi connectivity index (χ1n) is 5.18. The molecule has 1 aromatic rings. The highest BCUT2D eigenvalue weighted by Crippen LogP contribution is 2.19. The molecule has 0 saturated carbocycles. The van der Waals surface area contributed by atoms with Gasteiger partial charge in [-0.15, -0.1) is 5.10 Å². The van der Waals surface area contributed by atoms with Gasteiger partial charge in [0.2, 0.25) is 0 Å². The fourth-order valence-electron chi connectivity index (χ4n) is 1.64. The number of hydrogen-bond donors (Lipinski definition) is 0. The molecule has 2 heterocycles. The maximum absolute atomic E-state index is 11.8. The summed E-state index contributed by atoms with van der Waals surface area (Å²) in [7, 11) is 0. The van der Waals surface area contributed by atoms with Crippen molar-refractivity contribution < 1.29 is 9.59 Å². The molecule has 1 aromatic heterocycles. The molecule has 0 unspecified atom stereocenters. The van der Waals surface area contributed by atoms with Gasteiger partial charge in [0.25, 0.3) is 0 Å². The van der Waals surface area contributed by atoms with Gasteiger partial charge in [-0.3, -0.25) is 9.59 Å². The zero-order valence-electron chi connectivity index (χ0n) is 9.22. The largest absolute Gasteiger partial charge is 0.333 e. The Bertz CT molecular complexity index is 450. The molecule has 0 aliphatic carbocycles. The number of rotatable bonds is 3. The molecule has 1 fully saturated rings. The third-order valence-corrected chi connectivity index (χ3v) is 3.61. The van der Waals surface area contributed by atoms with Crippen LogP contribution in [0.15, 0.2) is 0 Å². The third-order valence-electron chi connectivity index (χ3n) is 2.63. The van der Waals surface area contributed by atoms with Crippen molar-refractivity contribution in [3.05, 3.63) is 10.0 Å². The number of carbonyl (C=O) groups excluding carboxylic acids is 2. The summed E-state index contributed by atoms with van der Waals surface area (Å²) in [5.74, 6) is -0.958. The topological polar surface area (TPSA) is 66.4 Å². The van der Waals surface area contributed by atoms with Gasteiger partial charge in [-0.25, -0.2) is 0 Å². The molecule has 0 atom stereocenters. The molecule has 1 aliphatic rings. The lowest BCUT2D eigenvalue weighted by Crippen LogP contribution is -2.53. The van der Waals surface area contributed by atoms with Crippen LogP contribution in [0, 0.1) is 0 Å². The van der Waals surface area contributed by atoms with Gasteiger partial charge >= 0.3 is 11.8 Å². The zero-order chi connectivity index (χ0) is 12.4. The van der Waals surface area contributed by atoms with Crippen molar-refractivity contribution in [2.75, 3.05) is 19.6 Å². The molecule has 17 heavy (non-hydrogen) atoms. The van der Waals surface area contributed by atoms with Crippen LogP contribution in [0.5, 0.6) is 0 Å². The summed E-state index contributed by atoms with van der Waals surface area (Å²) in [4.78, 5) is 26.4. The number of amides is 2. The Hall–Kier alpha value is -1.21. The summed E-state index contributed by atoms with van der Waals surface area (Å²) in [5, 5.41) is 3.83. The van der Waals surface area contributed by atoms with Crippen LogP contribution in [0.25, 0.3) is 0 Å². The molecule has 92 valence electrons. The van der Waals surface area contributed by atoms with Gasteiger partial charge in [0, 0.05) is 31.2 Å². The Labute approximate surface area is 107 Å². The standard InChI is InChI=1S/C9H11ClN4O2S/c1-2-13-3-4-14(9(16)8(13)15)5-6-7(10)17-12-11-6/h2-5H2,1H3. The molecule has 0 aromatic carbocycles. The van der Waals surface area contributed by atoms with Crippen molar-refractivity contribution in [1.82, 2.24) is 19.4 Å². The van der Waals surface area contributed by atoms with Crippen LogP contribution in [0.3, 0.4) is 0 Å². The van der Waals surface area contributed by atoms with Crippen molar-refractivity contribution in [3.63, 3.8) is 0 Å². The summed E-state index contributed by atoms with van der Waals surface area (Å²) < 4.78 is 4.15.